The van der Waals surface area contributed by atoms with Gasteiger partial charge in [-0.05, 0) is 110 Å². The lowest BCUT2D eigenvalue weighted by molar-refractivity contribution is -0.114. The average Bonchev–Trinajstić information content (AvgIpc) is 3.64. The molecular formula is C41H44F5N5O3. The lowest BCUT2D eigenvalue weighted by atomic mass is 9.73. The molecule has 54 heavy (non-hydrogen) atoms. The third-order valence-corrected chi connectivity index (χ3v) is 12.3. The van der Waals surface area contributed by atoms with Crippen molar-refractivity contribution in [1.29, 1.82) is 0 Å². The second kappa shape index (κ2) is 14.2. The van der Waals surface area contributed by atoms with Crippen LogP contribution in [0.1, 0.15) is 61.3 Å². The van der Waals surface area contributed by atoms with E-state index in [4.69, 9.17) is 4.74 Å². The Morgan fingerprint density at radius 2 is 1.72 bits per heavy atom. The lowest BCUT2D eigenvalue weighted by Gasteiger charge is -2.43. The zero-order chi connectivity index (χ0) is 37.8. The standard InChI is InChI=1S/C41H44F5N5O3/c1-2-38(52)50-23-29-21-41(45,46)24-51(29)37-20-28(5-8-36(37)50)49-13-11-40(12-14-49)22-35(30-6-4-27(42)19-31(30)40)48-39(53)47-34(26-9-15-54-16-10-26)18-25-3-7-32(43)33(44)17-25/h2-8,17,19-20,26,29,34-35H,1,9-16,18,21-24H2,(H2,47,48,53)/t29-,34+,35-/m0/s1. The third kappa shape index (κ3) is 6.91. The number of hydrogen-bond donors (Lipinski definition) is 2. The van der Waals surface area contributed by atoms with E-state index >= 15 is 0 Å². The Hall–Kier alpha value is -4.65. The molecule has 0 saturated carbocycles. The van der Waals surface area contributed by atoms with E-state index in [9.17, 15) is 31.5 Å². The van der Waals surface area contributed by atoms with Crippen LogP contribution in [-0.2, 0) is 21.4 Å². The molecule has 3 fully saturated rings. The minimum Gasteiger partial charge on any atom is -0.381 e. The summed E-state index contributed by atoms with van der Waals surface area (Å²) in [6, 6.07) is 12.6. The van der Waals surface area contributed by atoms with Crippen molar-refractivity contribution in [2.24, 2.45) is 5.92 Å². The van der Waals surface area contributed by atoms with E-state index in [0.29, 0.717) is 68.9 Å². The summed E-state index contributed by atoms with van der Waals surface area (Å²) in [7, 11) is 0. The molecule has 286 valence electrons. The fraction of sp³-hybridized carbons (Fsp3) is 0.463. The van der Waals surface area contributed by atoms with Gasteiger partial charge in [0.15, 0.2) is 11.6 Å². The molecule has 1 spiro atoms. The van der Waals surface area contributed by atoms with Gasteiger partial charge in [-0.25, -0.2) is 26.7 Å². The van der Waals surface area contributed by atoms with Crippen LogP contribution in [0, 0.1) is 23.4 Å². The van der Waals surface area contributed by atoms with Crippen LogP contribution in [0.5, 0.6) is 0 Å². The highest BCUT2D eigenvalue weighted by Gasteiger charge is 2.50. The fourth-order valence-electron chi connectivity index (χ4n) is 9.58. The summed E-state index contributed by atoms with van der Waals surface area (Å²) in [6.45, 7) is 5.71. The SMILES string of the molecule is C=CC(=O)N1C[C@@H]2CC(F)(F)CN2c2cc(N3CCC4(CC3)C[C@H](NC(=O)N[C@H](Cc3ccc(F)c(F)c3)C3CCOCC3)c3ccc(F)cc34)ccc21. The van der Waals surface area contributed by atoms with Crippen molar-refractivity contribution < 1.29 is 36.3 Å². The molecule has 13 heteroatoms. The molecule has 2 N–H and O–H groups in total. The third-order valence-electron chi connectivity index (χ3n) is 12.3. The van der Waals surface area contributed by atoms with Crippen molar-refractivity contribution in [3.63, 3.8) is 0 Å². The molecule has 3 saturated heterocycles. The summed E-state index contributed by atoms with van der Waals surface area (Å²) >= 11 is 0. The van der Waals surface area contributed by atoms with Crippen molar-refractivity contribution in [2.45, 2.75) is 74.4 Å². The monoisotopic (exact) mass is 749 g/mol. The van der Waals surface area contributed by atoms with E-state index < -0.39 is 35.6 Å². The molecule has 3 aromatic carbocycles. The van der Waals surface area contributed by atoms with Gasteiger partial charge in [0.1, 0.15) is 5.82 Å². The second-order valence-electron chi connectivity index (χ2n) is 15.6. The molecule has 8 nitrogen and oxygen atoms in total. The minimum absolute atomic E-state index is 0.0835. The predicted molar refractivity (Wildman–Crippen MR) is 196 cm³/mol. The van der Waals surface area contributed by atoms with Gasteiger partial charge in [-0.1, -0.05) is 18.7 Å². The highest BCUT2D eigenvalue weighted by atomic mass is 19.3. The van der Waals surface area contributed by atoms with Crippen molar-refractivity contribution in [3.8, 4) is 0 Å². The molecule has 3 amide bonds. The quantitative estimate of drug-likeness (QED) is 0.198. The van der Waals surface area contributed by atoms with Crippen molar-refractivity contribution in [2.75, 3.05) is 54.1 Å². The van der Waals surface area contributed by atoms with Gasteiger partial charge in [-0.3, -0.25) is 4.79 Å². The number of nitrogens with zero attached hydrogens (tertiary/aromatic N) is 3. The van der Waals surface area contributed by atoms with Gasteiger partial charge in [0.05, 0.1) is 30.0 Å². The van der Waals surface area contributed by atoms with E-state index in [-0.39, 0.29) is 48.7 Å². The summed E-state index contributed by atoms with van der Waals surface area (Å²) in [5, 5.41) is 6.30. The van der Waals surface area contributed by atoms with Crippen molar-refractivity contribution in [3.05, 3.63) is 101 Å². The van der Waals surface area contributed by atoms with E-state index in [2.05, 4.69) is 22.1 Å². The number of halogens is 5. The number of amides is 3. The number of piperidine rings is 1. The Morgan fingerprint density at radius 1 is 0.944 bits per heavy atom. The van der Waals surface area contributed by atoms with E-state index in [1.165, 1.54) is 29.2 Å². The van der Waals surface area contributed by atoms with Crippen LogP contribution in [0.3, 0.4) is 0 Å². The first-order valence-electron chi connectivity index (χ1n) is 18.8. The van der Waals surface area contributed by atoms with Gasteiger partial charge >= 0.3 is 6.03 Å². The zero-order valence-electron chi connectivity index (χ0n) is 29.9. The fourth-order valence-corrected chi connectivity index (χ4v) is 9.58. The largest absolute Gasteiger partial charge is 0.381 e. The molecule has 4 heterocycles. The van der Waals surface area contributed by atoms with Crippen LogP contribution in [-0.4, -0.2) is 69.3 Å². The number of nitrogens with one attached hydrogen (secondary N) is 2. The lowest BCUT2D eigenvalue weighted by Crippen LogP contribution is -2.49. The number of carbonyl (C=O) groups excluding carboxylic acids is 2. The first-order chi connectivity index (χ1) is 25.9. The summed E-state index contributed by atoms with van der Waals surface area (Å²) in [4.78, 5) is 31.9. The van der Waals surface area contributed by atoms with E-state index in [1.54, 1.807) is 17.0 Å². The number of urea groups is 1. The number of ether oxygens (including phenoxy) is 1. The average molecular weight is 750 g/mol. The Bertz CT molecular complexity index is 1950. The van der Waals surface area contributed by atoms with Crippen LogP contribution in [0.25, 0.3) is 0 Å². The number of benzene rings is 3. The second-order valence-corrected chi connectivity index (χ2v) is 15.6. The summed E-state index contributed by atoms with van der Waals surface area (Å²) in [5.74, 6) is -5.31. The molecule has 1 aliphatic carbocycles. The first kappa shape index (κ1) is 36.3. The molecule has 0 aromatic heterocycles. The predicted octanol–water partition coefficient (Wildman–Crippen LogP) is 7.17. The van der Waals surface area contributed by atoms with Crippen molar-refractivity contribution >= 4 is 29.0 Å². The van der Waals surface area contributed by atoms with Gasteiger partial charge < -0.3 is 30.1 Å². The van der Waals surface area contributed by atoms with Gasteiger partial charge in [0, 0.05) is 56.4 Å². The Balaban J connectivity index is 0.987. The highest BCUT2D eigenvalue weighted by Crippen LogP contribution is 2.52. The molecule has 8 rings (SSSR count). The van der Waals surface area contributed by atoms with Gasteiger partial charge in [-0.2, -0.15) is 0 Å². The maximum atomic E-state index is 14.8. The van der Waals surface area contributed by atoms with Crippen LogP contribution in [0.4, 0.5) is 43.8 Å². The minimum atomic E-state index is -2.86. The topological polar surface area (TPSA) is 77.2 Å². The Kier molecular flexibility index (Phi) is 9.56. The molecule has 0 unspecified atom stereocenters. The number of alkyl halides is 2. The number of fused-ring (bicyclic) bond motifs is 5. The number of carbonyl (C=O) groups is 2. The first-order valence-corrected chi connectivity index (χ1v) is 18.8. The van der Waals surface area contributed by atoms with Crippen LogP contribution >= 0.6 is 0 Å². The van der Waals surface area contributed by atoms with Crippen molar-refractivity contribution in [1.82, 2.24) is 10.6 Å². The maximum absolute atomic E-state index is 14.8. The van der Waals surface area contributed by atoms with Gasteiger partial charge in [0.2, 0.25) is 0 Å². The highest BCUT2D eigenvalue weighted by molar-refractivity contribution is 6.04. The van der Waals surface area contributed by atoms with Gasteiger partial charge in [0.25, 0.3) is 11.8 Å². The van der Waals surface area contributed by atoms with E-state index in [1.807, 2.05) is 18.2 Å². The summed E-state index contributed by atoms with van der Waals surface area (Å²) in [5.41, 5.74) is 3.97. The zero-order valence-corrected chi connectivity index (χ0v) is 29.9. The molecule has 0 bridgehead atoms. The van der Waals surface area contributed by atoms with Crippen LogP contribution < -0.4 is 25.3 Å². The number of anilines is 3. The molecule has 0 radical (unpaired) electrons. The summed E-state index contributed by atoms with van der Waals surface area (Å²) in [6.07, 6.45) is 4.58. The maximum Gasteiger partial charge on any atom is 0.315 e. The Morgan fingerprint density at radius 3 is 2.46 bits per heavy atom. The molecule has 5 aliphatic rings. The molecule has 3 aromatic rings. The molecule has 3 atom stereocenters. The normalized spacial score (nSPS) is 23.4. The number of hydrogen-bond acceptors (Lipinski definition) is 5. The smallest absolute Gasteiger partial charge is 0.315 e. The number of rotatable bonds is 7. The molecule has 4 aliphatic heterocycles. The van der Waals surface area contributed by atoms with Crippen LogP contribution in [0.15, 0.2) is 67.3 Å². The van der Waals surface area contributed by atoms with Gasteiger partial charge in [-0.15, -0.1) is 0 Å². The van der Waals surface area contributed by atoms with E-state index in [0.717, 1.165) is 35.7 Å². The molecular weight excluding hydrogens is 705 g/mol. The Labute approximate surface area is 311 Å². The van der Waals surface area contributed by atoms with Crippen LogP contribution in [0.2, 0.25) is 0 Å². The summed E-state index contributed by atoms with van der Waals surface area (Å²) < 4.78 is 77.4.